The molecule has 2 aliphatic rings. The minimum absolute atomic E-state index is 0.217. The maximum atomic E-state index is 13.7. The zero-order chi connectivity index (χ0) is 22.7. The van der Waals surface area contributed by atoms with Gasteiger partial charge in [-0.3, -0.25) is 19.2 Å². The van der Waals surface area contributed by atoms with E-state index in [4.69, 9.17) is 5.73 Å². The van der Waals surface area contributed by atoms with Crippen LogP contribution in [-0.4, -0.2) is 53.8 Å². The van der Waals surface area contributed by atoms with E-state index in [0.717, 1.165) is 10.5 Å². The number of benzene rings is 2. The maximum absolute atomic E-state index is 13.7. The smallest absolute Gasteiger partial charge is 0.251 e. The average molecular weight is 471 g/mol. The quantitative estimate of drug-likeness (QED) is 0.601. The number of nitrogens with one attached hydrogen (secondary N) is 2. The second-order valence-electron chi connectivity index (χ2n) is 7.43. The van der Waals surface area contributed by atoms with E-state index in [1.807, 2.05) is 42.5 Å². The van der Waals surface area contributed by atoms with Gasteiger partial charge in [0.1, 0.15) is 18.6 Å². The molecule has 10 heteroatoms. The second-order valence-corrected chi connectivity index (χ2v) is 9.64. The van der Waals surface area contributed by atoms with E-state index in [1.165, 1.54) is 28.4 Å². The molecule has 3 atom stereocenters. The maximum Gasteiger partial charge on any atom is 0.251 e. The average Bonchev–Trinajstić information content (AvgIpc) is 2.90. The van der Waals surface area contributed by atoms with Crippen molar-refractivity contribution in [3.63, 3.8) is 0 Å². The third-order valence-electron chi connectivity index (χ3n) is 5.15. The third kappa shape index (κ3) is 4.76. The monoisotopic (exact) mass is 470 g/mol. The van der Waals surface area contributed by atoms with Crippen molar-refractivity contribution in [3.05, 3.63) is 60.2 Å². The lowest BCUT2D eigenvalue weighted by Gasteiger charge is -2.30. The van der Waals surface area contributed by atoms with Gasteiger partial charge in [0.15, 0.2) is 0 Å². The normalized spacial score (nSPS) is 23.0. The number of carbonyl (C=O) groups excluding carboxylic acids is 4. The Morgan fingerprint density at radius 1 is 1.09 bits per heavy atom. The van der Waals surface area contributed by atoms with E-state index in [-0.39, 0.29) is 12.5 Å². The number of hydrogen-bond acceptors (Lipinski definition) is 6. The highest BCUT2D eigenvalue weighted by molar-refractivity contribution is 8.00. The Morgan fingerprint density at radius 3 is 2.53 bits per heavy atom. The number of amides is 4. The van der Waals surface area contributed by atoms with Crippen LogP contribution < -0.4 is 21.3 Å². The lowest BCUT2D eigenvalue weighted by atomic mass is 10.0. The van der Waals surface area contributed by atoms with Gasteiger partial charge in [0.2, 0.25) is 17.7 Å². The molecular formula is C22H22N4O4S2. The molecule has 4 N–H and O–H groups in total. The number of para-hydroxylation sites is 1. The zero-order valence-corrected chi connectivity index (χ0v) is 18.7. The van der Waals surface area contributed by atoms with Crippen molar-refractivity contribution < 1.29 is 19.2 Å². The van der Waals surface area contributed by atoms with Gasteiger partial charge in [0, 0.05) is 10.6 Å². The van der Waals surface area contributed by atoms with Gasteiger partial charge < -0.3 is 21.3 Å². The molecule has 0 radical (unpaired) electrons. The number of nitrogens with zero attached hydrogens (tertiary/aromatic N) is 1. The number of anilines is 1. The van der Waals surface area contributed by atoms with Crippen molar-refractivity contribution in [1.29, 1.82) is 0 Å². The predicted octanol–water partition coefficient (Wildman–Crippen LogP) is 1.07. The first-order chi connectivity index (χ1) is 15.4. The summed E-state index contributed by atoms with van der Waals surface area (Å²) >= 11 is 2.81. The fourth-order valence-electron chi connectivity index (χ4n) is 3.70. The van der Waals surface area contributed by atoms with Gasteiger partial charge >= 0.3 is 0 Å². The van der Waals surface area contributed by atoms with Crippen LogP contribution >= 0.6 is 23.5 Å². The Morgan fingerprint density at radius 2 is 1.81 bits per heavy atom. The fourth-order valence-corrected chi connectivity index (χ4v) is 5.90. The highest BCUT2D eigenvalue weighted by Crippen LogP contribution is 2.45. The minimum atomic E-state index is -0.967. The van der Waals surface area contributed by atoms with E-state index in [2.05, 4.69) is 10.6 Å². The highest BCUT2D eigenvalue weighted by Gasteiger charge is 2.41. The molecule has 0 spiro atoms. The van der Waals surface area contributed by atoms with E-state index in [0.29, 0.717) is 17.2 Å². The first-order valence-corrected chi connectivity index (χ1v) is 12.1. The largest absolute Gasteiger partial charge is 0.368 e. The van der Waals surface area contributed by atoms with Gasteiger partial charge in [-0.25, -0.2) is 0 Å². The van der Waals surface area contributed by atoms with Crippen molar-refractivity contribution in [1.82, 2.24) is 10.6 Å². The van der Waals surface area contributed by atoms with Gasteiger partial charge in [-0.05, 0) is 17.7 Å². The van der Waals surface area contributed by atoms with Crippen LogP contribution in [0.25, 0.3) is 0 Å². The number of hydrogen-bond donors (Lipinski definition) is 3. The summed E-state index contributed by atoms with van der Waals surface area (Å²) in [5.74, 6) is -1.01. The van der Waals surface area contributed by atoms with Crippen LogP contribution in [0.2, 0.25) is 0 Å². The Kier molecular flexibility index (Phi) is 6.71. The summed E-state index contributed by atoms with van der Waals surface area (Å²) < 4.78 is 0. The SMILES string of the molecule is NC(=O)CN1C(=O)[C@H](NC(=O)C2CSCC(=O)N2)[C@@H](c2ccccc2)Sc2ccccc21. The molecule has 32 heavy (non-hydrogen) atoms. The molecule has 0 bridgehead atoms. The van der Waals surface area contributed by atoms with Crippen LogP contribution in [0.5, 0.6) is 0 Å². The molecule has 1 saturated heterocycles. The molecule has 0 aromatic heterocycles. The molecular weight excluding hydrogens is 448 g/mol. The number of carbonyl (C=O) groups is 4. The van der Waals surface area contributed by atoms with Gasteiger partial charge in [0.05, 0.1) is 16.7 Å². The van der Waals surface area contributed by atoms with Crippen molar-refractivity contribution >= 4 is 52.8 Å². The molecule has 0 saturated carbocycles. The molecule has 1 fully saturated rings. The molecule has 4 rings (SSSR count). The molecule has 2 heterocycles. The van der Waals surface area contributed by atoms with Gasteiger partial charge in [-0.1, -0.05) is 42.5 Å². The topological polar surface area (TPSA) is 122 Å². The molecule has 2 aromatic rings. The van der Waals surface area contributed by atoms with Crippen molar-refractivity contribution in [2.24, 2.45) is 5.73 Å². The van der Waals surface area contributed by atoms with Crippen LogP contribution in [-0.2, 0) is 19.2 Å². The minimum Gasteiger partial charge on any atom is -0.368 e. The summed E-state index contributed by atoms with van der Waals surface area (Å²) in [6.07, 6.45) is 0. The predicted molar refractivity (Wildman–Crippen MR) is 124 cm³/mol. The van der Waals surface area contributed by atoms with Crippen LogP contribution in [0, 0.1) is 0 Å². The summed E-state index contributed by atoms with van der Waals surface area (Å²) in [5.41, 5.74) is 6.87. The first-order valence-electron chi connectivity index (χ1n) is 10.0. The summed E-state index contributed by atoms with van der Waals surface area (Å²) in [7, 11) is 0. The molecule has 2 aliphatic heterocycles. The molecule has 4 amide bonds. The van der Waals surface area contributed by atoms with Gasteiger partial charge in [-0.2, -0.15) is 0 Å². The standard InChI is InChI=1S/C22H22N4O4S2/c23-17(27)10-26-15-8-4-5-9-16(15)32-20(13-6-2-1-3-7-13)19(22(26)30)25-21(29)14-11-31-12-18(28)24-14/h1-9,14,19-20H,10-12H2,(H2,23,27)(H,24,28)(H,25,29)/t14?,19-,20-/m1/s1. The number of thioether (sulfide) groups is 2. The fraction of sp³-hybridized carbons (Fsp3) is 0.273. The van der Waals surface area contributed by atoms with Gasteiger partial charge in [-0.15, -0.1) is 23.5 Å². The summed E-state index contributed by atoms with van der Waals surface area (Å²) in [4.78, 5) is 52.4. The third-order valence-corrected chi connectivity index (χ3v) is 7.59. The Hall–Kier alpha value is -2.98. The van der Waals surface area contributed by atoms with E-state index >= 15 is 0 Å². The molecule has 8 nitrogen and oxygen atoms in total. The van der Waals surface area contributed by atoms with Crippen LogP contribution in [0.3, 0.4) is 0 Å². The van der Waals surface area contributed by atoms with E-state index in [9.17, 15) is 19.2 Å². The molecule has 0 aliphatic carbocycles. The summed E-state index contributed by atoms with van der Waals surface area (Å²) in [5, 5.41) is 5.08. The summed E-state index contributed by atoms with van der Waals surface area (Å²) in [6, 6.07) is 15.0. The van der Waals surface area contributed by atoms with Crippen LogP contribution in [0.15, 0.2) is 59.5 Å². The van der Waals surface area contributed by atoms with E-state index in [1.54, 1.807) is 12.1 Å². The van der Waals surface area contributed by atoms with Crippen LogP contribution in [0.4, 0.5) is 5.69 Å². The van der Waals surface area contributed by atoms with Gasteiger partial charge in [0.25, 0.3) is 5.91 Å². The lowest BCUT2D eigenvalue weighted by molar-refractivity contribution is -0.130. The molecule has 1 unspecified atom stereocenters. The lowest BCUT2D eigenvalue weighted by Crippen LogP contribution is -2.58. The van der Waals surface area contributed by atoms with Crippen molar-refractivity contribution in [2.45, 2.75) is 22.2 Å². The highest BCUT2D eigenvalue weighted by atomic mass is 32.2. The van der Waals surface area contributed by atoms with E-state index < -0.39 is 35.1 Å². The summed E-state index contributed by atoms with van der Waals surface area (Å²) in [6.45, 7) is -0.305. The Bertz CT molecular complexity index is 1050. The Balaban J connectivity index is 1.73. The molecule has 166 valence electrons. The van der Waals surface area contributed by atoms with Crippen molar-refractivity contribution in [2.75, 3.05) is 23.0 Å². The number of primary amides is 1. The zero-order valence-electron chi connectivity index (χ0n) is 17.0. The molecule has 2 aromatic carbocycles. The number of rotatable bonds is 5. The van der Waals surface area contributed by atoms with Crippen LogP contribution in [0.1, 0.15) is 10.8 Å². The second kappa shape index (κ2) is 9.66. The van der Waals surface area contributed by atoms with Crippen molar-refractivity contribution in [3.8, 4) is 0 Å². The number of fused-ring (bicyclic) bond motifs is 1. The number of nitrogens with two attached hydrogens (primary N) is 1. The first kappa shape index (κ1) is 22.2. The Labute approximate surface area is 193 Å².